The molecule has 0 aliphatic heterocycles. The number of fused-ring (bicyclic) bond motifs is 1. The van der Waals surface area contributed by atoms with E-state index in [0.717, 1.165) is 22.2 Å². The number of nitrogens with one attached hydrogen (secondary N) is 3. The molecule has 0 saturated carbocycles. The third kappa shape index (κ3) is 6.79. The first-order chi connectivity index (χ1) is 14.4. The highest BCUT2D eigenvalue weighted by Crippen LogP contribution is 2.29. The molecule has 0 spiro atoms. The molecule has 0 saturated heterocycles. The van der Waals surface area contributed by atoms with Gasteiger partial charge in [-0.25, -0.2) is 0 Å². The van der Waals surface area contributed by atoms with Crippen LogP contribution in [0.2, 0.25) is 0 Å². The first-order valence-electron chi connectivity index (χ1n) is 8.99. The number of anilines is 1. The van der Waals surface area contributed by atoms with Crippen LogP contribution in [0.1, 0.15) is 5.56 Å². The van der Waals surface area contributed by atoms with Crippen molar-refractivity contribution in [1.29, 1.82) is 0 Å². The highest BCUT2D eigenvalue weighted by atomic mass is 35.6. The van der Waals surface area contributed by atoms with Crippen molar-refractivity contribution < 1.29 is 4.79 Å². The van der Waals surface area contributed by atoms with Gasteiger partial charge in [0.15, 0.2) is 0 Å². The Balaban J connectivity index is 1.54. The smallest absolute Gasteiger partial charge is 0.245 e. The number of alkyl halides is 3. The van der Waals surface area contributed by atoms with Crippen molar-refractivity contribution in [2.24, 2.45) is 0 Å². The maximum atomic E-state index is 12.2. The molecule has 2 aromatic carbocycles. The van der Waals surface area contributed by atoms with Gasteiger partial charge in [-0.15, -0.1) is 0 Å². The molecule has 0 fully saturated rings. The van der Waals surface area contributed by atoms with Crippen LogP contribution in [0.5, 0.6) is 0 Å². The summed E-state index contributed by atoms with van der Waals surface area (Å²) in [6.45, 7) is 0. The van der Waals surface area contributed by atoms with Gasteiger partial charge in [-0.1, -0.05) is 83.3 Å². The summed E-state index contributed by atoms with van der Waals surface area (Å²) in [6, 6.07) is 19.2. The lowest BCUT2D eigenvalue weighted by molar-refractivity contribution is -0.117. The molecule has 5 nitrogen and oxygen atoms in total. The second-order valence-corrected chi connectivity index (χ2v) is 9.35. The largest absolute Gasteiger partial charge is 0.333 e. The van der Waals surface area contributed by atoms with Gasteiger partial charge in [0.25, 0.3) is 0 Å². The molecule has 30 heavy (non-hydrogen) atoms. The third-order valence-corrected chi connectivity index (χ3v) is 5.35. The van der Waals surface area contributed by atoms with Gasteiger partial charge in [-0.2, -0.15) is 0 Å². The van der Waals surface area contributed by atoms with Gasteiger partial charge < -0.3 is 10.0 Å². The summed E-state index contributed by atoms with van der Waals surface area (Å²) in [5, 5.41) is 6.73. The van der Waals surface area contributed by atoms with Gasteiger partial charge in [-0.05, 0) is 35.7 Å². The van der Waals surface area contributed by atoms with Gasteiger partial charge >= 0.3 is 0 Å². The van der Waals surface area contributed by atoms with E-state index >= 15 is 0 Å². The normalized spacial score (nSPS) is 12.8. The summed E-state index contributed by atoms with van der Waals surface area (Å²) >= 11 is 19.4. The molecule has 9 heteroatoms. The zero-order chi connectivity index (χ0) is 21.4. The van der Waals surface area contributed by atoms with E-state index in [1.165, 1.54) is 18.0 Å². The number of benzene rings is 2. The van der Waals surface area contributed by atoms with Gasteiger partial charge in [0.2, 0.25) is 9.70 Å². The summed E-state index contributed by atoms with van der Waals surface area (Å²) in [7, 11) is 0. The number of carbonyl (C=O) groups excluding carboxylic acids is 1. The minimum Gasteiger partial charge on any atom is -0.333 e. The fourth-order valence-corrected chi connectivity index (χ4v) is 3.64. The van der Waals surface area contributed by atoms with Crippen LogP contribution in [-0.4, -0.2) is 26.7 Å². The summed E-state index contributed by atoms with van der Waals surface area (Å²) < 4.78 is 1.51. The highest BCUT2D eigenvalue weighted by molar-refractivity contribution is 8.00. The minimum absolute atomic E-state index is 0.366. The third-order valence-electron chi connectivity index (χ3n) is 4.02. The fourth-order valence-electron chi connectivity index (χ4n) is 2.60. The molecule has 156 valence electrons. The monoisotopic (exact) mass is 480 g/mol. The number of carbonyl (C=O) groups is 1. The number of amides is 1. The van der Waals surface area contributed by atoms with Gasteiger partial charge in [-0.3, -0.25) is 15.1 Å². The molecule has 0 aliphatic carbocycles. The Kier molecular flexibility index (Phi) is 8.24. The predicted octanol–water partition coefficient (Wildman–Crippen LogP) is 5.37. The van der Waals surface area contributed by atoms with Crippen molar-refractivity contribution in [3.63, 3.8) is 0 Å². The molecule has 3 rings (SSSR count). The average molecular weight is 482 g/mol. The first-order valence-corrected chi connectivity index (χ1v) is 11.1. The number of hydrogen-bond acceptors (Lipinski definition) is 5. The van der Waals surface area contributed by atoms with E-state index in [1.807, 2.05) is 60.7 Å². The molecule has 0 radical (unpaired) electrons. The molecule has 1 aromatic heterocycles. The van der Waals surface area contributed by atoms with Gasteiger partial charge in [0.05, 0.1) is 17.1 Å². The van der Waals surface area contributed by atoms with E-state index in [-0.39, 0.29) is 5.91 Å². The van der Waals surface area contributed by atoms with Crippen LogP contribution < -0.4 is 15.4 Å². The number of para-hydroxylation sites is 1. The van der Waals surface area contributed by atoms with E-state index in [4.69, 9.17) is 34.8 Å². The minimum atomic E-state index is -1.72. The number of halogens is 3. The highest BCUT2D eigenvalue weighted by Gasteiger charge is 2.33. The Morgan fingerprint density at radius 1 is 1.07 bits per heavy atom. The van der Waals surface area contributed by atoms with Gasteiger partial charge in [0.1, 0.15) is 6.17 Å². The second-order valence-electron chi connectivity index (χ2n) is 6.20. The molecule has 3 aromatic rings. The van der Waals surface area contributed by atoms with Crippen LogP contribution >= 0.6 is 46.8 Å². The van der Waals surface area contributed by atoms with Crippen molar-refractivity contribution in [3.05, 3.63) is 78.5 Å². The summed E-state index contributed by atoms with van der Waals surface area (Å²) in [6.07, 6.45) is 3.95. The second kappa shape index (κ2) is 10.9. The zero-order valence-electron chi connectivity index (χ0n) is 15.7. The summed E-state index contributed by atoms with van der Waals surface area (Å²) in [4.78, 5) is 16.6. The fraction of sp³-hybridized carbons (Fsp3) is 0.143. The van der Waals surface area contributed by atoms with Crippen LogP contribution in [0.3, 0.4) is 0 Å². The maximum absolute atomic E-state index is 12.2. The molecule has 3 N–H and O–H groups in total. The Hall–Kier alpha value is -1.96. The molecule has 1 heterocycles. The van der Waals surface area contributed by atoms with Crippen LogP contribution in [0, 0.1) is 0 Å². The molecular formula is C21H19Cl3N4OS. The van der Waals surface area contributed by atoms with E-state index < -0.39 is 9.96 Å². The molecule has 0 bridgehead atoms. The molecule has 1 amide bonds. The number of hydrogen-bond donors (Lipinski definition) is 3. The van der Waals surface area contributed by atoms with Crippen LogP contribution in [0.4, 0.5) is 5.69 Å². The number of nitrogens with zero attached hydrogens (tertiary/aromatic N) is 1. The van der Waals surface area contributed by atoms with Crippen LogP contribution in [0.25, 0.3) is 17.0 Å². The van der Waals surface area contributed by atoms with Gasteiger partial charge in [0, 0.05) is 17.7 Å². The zero-order valence-corrected chi connectivity index (χ0v) is 18.8. The molecular weight excluding hydrogens is 463 g/mol. The van der Waals surface area contributed by atoms with E-state index in [9.17, 15) is 4.79 Å². The van der Waals surface area contributed by atoms with E-state index in [0.29, 0.717) is 5.88 Å². The first kappa shape index (κ1) is 22.7. The number of rotatable bonds is 8. The van der Waals surface area contributed by atoms with Crippen molar-refractivity contribution in [1.82, 2.24) is 15.6 Å². The molecule has 1 unspecified atom stereocenters. The topological polar surface area (TPSA) is 66.1 Å². The number of pyridine rings is 1. The van der Waals surface area contributed by atoms with Crippen molar-refractivity contribution in [2.75, 3.05) is 10.6 Å². The van der Waals surface area contributed by atoms with Crippen LogP contribution in [0.15, 0.2) is 72.9 Å². The Morgan fingerprint density at radius 2 is 1.83 bits per heavy atom. The Labute approximate surface area is 194 Å². The van der Waals surface area contributed by atoms with E-state index in [1.54, 1.807) is 12.3 Å². The average Bonchev–Trinajstić information content (AvgIpc) is 2.74. The maximum Gasteiger partial charge on any atom is 0.245 e. The lowest BCUT2D eigenvalue weighted by atomic mass is 10.2. The SMILES string of the molecule is O=C(/C=C/c1ccccc1)NC(NCSNc1cccc2cccnc12)C(Cl)(Cl)Cl. The van der Waals surface area contributed by atoms with Crippen molar-refractivity contribution in [3.8, 4) is 0 Å². The molecule has 1 atom stereocenters. The quantitative estimate of drug-likeness (QED) is 0.133. The lowest BCUT2D eigenvalue weighted by Crippen LogP contribution is -2.53. The Morgan fingerprint density at radius 3 is 2.60 bits per heavy atom. The Bertz CT molecular complexity index is 1010. The lowest BCUT2D eigenvalue weighted by Gasteiger charge is -2.26. The summed E-state index contributed by atoms with van der Waals surface area (Å²) in [5.41, 5.74) is 2.64. The standard InChI is InChI=1S/C21H19Cl3N4OS/c22-21(23,24)20(27-18(29)12-11-15-6-2-1-3-7-15)26-14-30-28-17-10-4-8-16-9-5-13-25-19(16)17/h1-13,20,26,28H,14H2,(H,27,29)/b12-11+. The molecule has 0 aliphatic rings. The van der Waals surface area contributed by atoms with Crippen molar-refractivity contribution >= 4 is 75.3 Å². The predicted molar refractivity (Wildman–Crippen MR) is 129 cm³/mol. The van der Waals surface area contributed by atoms with Crippen LogP contribution in [-0.2, 0) is 4.79 Å². The number of aromatic nitrogens is 1. The summed E-state index contributed by atoms with van der Waals surface area (Å²) in [5.74, 6) is -0.0105. The van der Waals surface area contributed by atoms with E-state index in [2.05, 4.69) is 20.3 Å². The van der Waals surface area contributed by atoms with Crippen molar-refractivity contribution in [2.45, 2.75) is 9.96 Å².